The number of nitrogens with zero attached hydrogens (tertiary/aromatic N) is 1. The van der Waals surface area contributed by atoms with E-state index in [9.17, 15) is 4.79 Å². The van der Waals surface area contributed by atoms with Gasteiger partial charge in [0.2, 0.25) is 0 Å². The van der Waals surface area contributed by atoms with Crippen LogP contribution >= 0.6 is 0 Å². The lowest BCUT2D eigenvalue weighted by Gasteiger charge is -2.28. The molecule has 3 nitrogen and oxygen atoms in total. The van der Waals surface area contributed by atoms with Gasteiger partial charge in [0.25, 0.3) is 0 Å². The second-order valence-corrected chi connectivity index (χ2v) is 2.75. The number of ketones is 1. The Balaban J connectivity index is 1.90. The molecule has 1 fully saturated rings. The van der Waals surface area contributed by atoms with Gasteiger partial charge in [0.05, 0.1) is 13.1 Å². The molecule has 2 N–H and O–H groups in total. The zero-order valence-corrected chi connectivity index (χ0v) is 6.18. The number of nitrogens with two attached hydrogens (primary N) is 1. The van der Waals surface area contributed by atoms with Crippen LogP contribution in [-0.2, 0) is 4.79 Å². The van der Waals surface area contributed by atoms with Crippen LogP contribution < -0.4 is 5.73 Å². The van der Waals surface area contributed by atoms with Crippen molar-refractivity contribution < 1.29 is 4.79 Å². The van der Waals surface area contributed by atoms with Crippen molar-refractivity contribution in [2.75, 3.05) is 26.2 Å². The average molecular weight is 142 g/mol. The Labute approximate surface area is 61.2 Å². The molecule has 0 radical (unpaired) electrons. The highest BCUT2D eigenvalue weighted by Crippen LogP contribution is 2.02. The molecule has 0 spiro atoms. The summed E-state index contributed by atoms with van der Waals surface area (Å²) in [6.45, 7) is 3.15. The SMILES string of the molecule is NCCCCN1CC(=O)C1. The van der Waals surface area contributed by atoms with Crippen molar-refractivity contribution >= 4 is 5.78 Å². The lowest BCUT2D eigenvalue weighted by Crippen LogP contribution is -2.47. The lowest BCUT2D eigenvalue weighted by atomic mass is 10.2. The van der Waals surface area contributed by atoms with Crippen molar-refractivity contribution in [2.24, 2.45) is 5.73 Å². The van der Waals surface area contributed by atoms with Gasteiger partial charge >= 0.3 is 0 Å². The molecule has 1 heterocycles. The Morgan fingerprint density at radius 2 is 2.10 bits per heavy atom. The number of rotatable bonds is 4. The molecule has 0 saturated carbocycles. The normalized spacial score (nSPS) is 19.1. The van der Waals surface area contributed by atoms with Crippen molar-refractivity contribution in [1.29, 1.82) is 0 Å². The smallest absolute Gasteiger partial charge is 0.160 e. The predicted molar refractivity (Wildman–Crippen MR) is 39.7 cm³/mol. The highest BCUT2D eigenvalue weighted by Gasteiger charge is 2.21. The van der Waals surface area contributed by atoms with Crippen LogP contribution in [0.5, 0.6) is 0 Å². The molecule has 0 bridgehead atoms. The fourth-order valence-corrected chi connectivity index (χ4v) is 1.09. The van der Waals surface area contributed by atoms with Gasteiger partial charge in [-0.2, -0.15) is 0 Å². The van der Waals surface area contributed by atoms with Crippen molar-refractivity contribution in [3.63, 3.8) is 0 Å². The molecule has 0 atom stereocenters. The van der Waals surface area contributed by atoms with Crippen molar-refractivity contribution in [3.8, 4) is 0 Å². The molecule has 0 amide bonds. The molecule has 0 aliphatic carbocycles. The van der Waals surface area contributed by atoms with Crippen LogP contribution in [0.15, 0.2) is 0 Å². The first kappa shape index (κ1) is 7.69. The monoisotopic (exact) mass is 142 g/mol. The first-order chi connectivity index (χ1) is 4.83. The van der Waals surface area contributed by atoms with Gasteiger partial charge < -0.3 is 5.73 Å². The number of unbranched alkanes of at least 4 members (excludes halogenated alkanes) is 1. The molecule has 1 rings (SSSR count). The molecule has 0 aromatic heterocycles. The molecular weight excluding hydrogens is 128 g/mol. The molecule has 0 aromatic rings. The van der Waals surface area contributed by atoms with Crippen molar-refractivity contribution in [2.45, 2.75) is 12.8 Å². The third kappa shape index (κ3) is 2.08. The highest BCUT2D eigenvalue weighted by molar-refractivity contribution is 5.87. The number of carbonyl (C=O) groups excluding carboxylic acids is 1. The standard InChI is InChI=1S/C7H14N2O/c8-3-1-2-4-9-5-7(10)6-9/h1-6,8H2. The maximum absolute atomic E-state index is 10.5. The van der Waals surface area contributed by atoms with E-state index in [-0.39, 0.29) is 0 Å². The number of carbonyl (C=O) groups is 1. The predicted octanol–water partition coefficient (Wildman–Crippen LogP) is -0.390. The summed E-state index contributed by atoms with van der Waals surface area (Å²) in [4.78, 5) is 12.6. The van der Waals surface area contributed by atoms with Crippen LogP contribution in [-0.4, -0.2) is 36.9 Å². The largest absolute Gasteiger partial charge is 0.330 e. The van der Waals surface area contributed by atoms with Gasteiger partial charge in [-0.15, -0.1) is 0 Å². The number of Topliss-reactive ketones (excluding diaryl/α,β-unsaturated/α-hetero) is 1. The quantitative estimate of drug-likeness (QED) is 0.544. The summed E-state index contributed by atoms with van der Waals surface area (Å²) in [6.07, 6.45) is 2.20. The second-order valence-electron chi connectivity index (χ2n) is 2.75. The van der Waals surface area contributed by atoms with Crippen molar-refractivity contribution in [3.05, 3.63) is 0 Å². The van der Waals surface area contributed by atoms with Crippen LogP contribution in [0.2, 0.25) is 0 Å². The van der Waals surface area contributed by atoms with Gasteiger partial charge in [0, 0.05) is 0 Å². The van der Waals surface area contributed by atoms with Crippen LogP contribution in [0.3, 0.4) is 0 Å². The topological polar surface area (TPSA) is 46.3 Å². The fraction of sp³-hybridized carbons (Fsp3) is 0.857. The first-order valence-corrected chi connectivity index (χ1v) is 3.77. The van der Waals surface area contributed by atoms with E-state index in [4.69, 9.17) is 5.73 Å². The number of hydrogen-bond acceptors (Lipinski definition) is 3. The molecule has 1 saturated heterocycles. The van der Waals surface area contributed by atoms with Gasteiger partial charge in [-0.1, -0.05) is 0 Å². The van der Waals surface area contributed by atoms with Gasteiger partial charge in [0.1, 0.15) is 0 Å². The van der Waals surface area contributed by atoms with Gasteiger partial charge in [-0.25, -0.2) is 0 Å². The molecule has 1 aliphatic rings. The van der Waals surface area contributed by atoms with E-state index in [0.717, 1.165) is 25.9 Å². The summed E-state index contributed by atoms with van der Waals surface area (Å²) in [5.74, 6) is 0.368. The molecule has 3 heteroatoms. The molecule has 1 aliphatic heterocycles. The zero-order valence-electron chi connectivity index (χ0n) is 6.18. The second kappa shape index (κ2) is 3.68. The molecule has 0 aromatic carbocycles. The number of hydrogen-bond donors (Lipinski definition) is 1. The van der Waals surface area contributed by atoms with E-state index in [1.807, 2.05) is 0 Å². The van der Waals surface area contributed by atoms with E-state index < -0.39 is 0 Å². The average Bonchev–Trinajstić information content (AvgIpc) is 1.85. The molecule has 58 valence electrons. The number of likely N-dealkylation sites (tertiary alicyclic amines) is 1. The Bertz CT molecular complexity index is 117. The summed E-state index contributed by atoms with van der Waals surface area (Å²) < 4.78 is 0. The maximum Gasteiger partial charge on any atom is 0.160 e. The highest BCUT2D eigenvalue weighted by atomic mass is 16.1. The van der Waals surface area contributed by atoms with Gasteiger partial charge in [-0.05, 0) is 25.9 Å². The fourth-order valence-electron chi connectivity index (χ4n) is 1.09. The molecular formula is C7H14N2O. The third-order valence-electron chi connectivity index (χ3n) is 1.73. The first-order valence-electron chi connectivity index (χ1n) is 3.77. The van der Waals surface area contributed by atoms with E-state index in [0.29, 0.717) is 18.9 Å². The minimum absolute atomic E-state index is 0.368. The van der Waals surface area contributed by atoms with Gasteiger partial charge in [-0.3, -0.25) is 9.69 Å². The minimum atomic E-state index is 0.368. The third-order valence-corrected chi connectivity index (χ3v) is 1.73. The van der Waals surface area contributed by atoms with Crippen LogP contribution in [0.1, 0.15) is 12.8 Å². The van der Waals surface area contributed by atoms with Gasteiger partial charge in [0.15, 0.2) is 5.78 Å². The minimum Gasteiger partial charge on any atom is -0.330 e. The van der Waals surface area contributed by atoms with E-state index in [1.54, 1.807) is 0 Å². The van der Waals surface area contributed by atoms with Crippen LogP contribution in [0, 0.1) is 0 Å². The summed E-state index contributed by atoms with van der Waals surface area (Å²) in [7, 11) is 0. The summed E-state index contributed by atoms with van der Waals surface area (Å²) in [5.41, 5.74) is 5.32. The lowest BCUT2D eigenvalue weighted by molar-refractivity contribution is -0.128. The summed E-state index contributed by atoms with van der Waals surface area (Å²) in [5, 5.41) is 0. The van der Waals surface area contributed by atoms with Crippen molar-refractivity contribution in [1.82, 2.24) is 4.90 Å². The molecule has 0 unspecified atom stereocenters. The van der Waals surface area contributed by atoms with Crippen LogP contribution in [0.4, 0.5) is 0 Å². The van der Waals surface area contributed by atoms with Crippen LogP contribution in [0.25, 0.3) is 0 Å². The van der Waals surface area contributed by atoms with E-state index >= 15 is 0 Å². The molecule has 10 heavy (non-hydrogen) atoms. The van der Waals surface area contributed by atoms with E-state index in [2.05, 4.69) is 4.90 Å². The van der Waals surface area contributed by atoms with E-state index in [1.165, 1.54) is 0 Å². The zero-order chi connectivity index (χ0) is 7.40. The summed E-state index contributed by atoms with van der Waals surface area (Å²) >= 11 is 0. The Morgan fingerprint density at radius 3 is 2.60 bits per heavy atom. The Morgan fingerprint density at radius 1 is 1.40 bits per heavy atom. The summed E-state index contributed by atoms with van der Waals surface area (Å²) in [6, 6.07) is 0. The maximum atomic E-state index is 10.5. The Kier molecular flexibility index (Phi) is 2.83. The Hall–Kier alpha value is -0.410.